The van der Waals surface area contributed by atoms with E-state index in [1.807, 2.05) is 37.3 Å². The van der Waals surface area contributed by atoms with Crippen LogP contribution in [0.3, 0.4) is 0 Å². The molecule has 0 bridgehead atoms. The summed E-state index contributed by atoms with van der Waals surface area (Å²) in [5, 5.41) is 3.96. The number of anilines is 1. The molecule has 0 aliphatic carbocycles. The molecule has 0 radical (unpaired) electrons. The van der Waals surface area contributed by atoms with E-state index in [9.17, 15) is 0 Å². The van der Waals surface area contributed by atoms with Crippen LogP contribution in [0.2, 0.25) is 0 Å². The van der Waals surface area contributed by atoms with E-state index in [1.54, 1.807) is 6.20 Å². The predicted molar refractivity (Wildman–Crippen MR) is 79.8 cm³/mol. The molecule has 100 valence electrons. The van der Waals surface area contributed by atoms with Crippen molar-refractivity contribution in [3.8, 4) is 23.0 Å². The van der Waals surface area contributed by atoms with Crippen molar-refractivity contribution in [3.05, 3.63) is 46.6 Å². The molecule has 0 saturated carbocycles. The molecule has 5 nitrogen and oxygen atoms in total. The third-order valence-electron chi connectivity index (χ3n) is 2.95. The van der Waals surface area contributed by atoms with Gasteiger partial charge in [-0.15, -0.1) is 0 Å². The van der Waals surface area contributed by atoms with E-state index in [0.717, 1.165) is 15.6 Å². The minimum Gasteiger partial charge on any atom is -0.398 e. The van der Waals surface area contributed by atoms with Crippen molar-refractivity contribution in [3.63, 3.8) is 0 Å². The molecule has 1 aromatic carbocycles. The number of pyridine rings is 1. The second kappa shape index (κ2) is 5.05. The van der Waals surface area contributed by atoms with Crippen molar-refractivity contribution in [2.75, 3.05) is 5.73 Å². The van der Waals surface area contributed by atoms with Crippen LogP contribution in [0.1, 0.15) is 5.56 Å². The van der Waals surface area contributed by atoms with E-state index in [-0.39, 0.29) is 0 Å². The van der Waals surface area contributed by atoms with Crippen LogP contribution in [0, 0.1) is 6.92 Å². The Bertz CT molecular complexity index is 769. The van der Waals surface area contributed by atoms with Crippen molar-refractivity contribution in [2.24, 2.45) is 0 Å². The first-order valence-electron chi connectivity index (χ1n) is 5.97. The number of aryl methyl sites for hydroxylation is 1. The van der Waals surface area contributed by atoms with Crippen LogP contribution in [0.4, 0.5) is 5.69 Å². The molecule has 2 N–H and O–H groups in total. The van der Waals surface area contributed by atoms with Crippen molar-refractivity contribution in [1.29, 1.82) is 0 Å². The number of nitrogens with zero attached hydrogens (tertiary/aromatic N) is 3. The summed E-state index contributed by atoms with van der Waals surface area (Å²) in [6.07, 6.45) is 1.68. The zero-order valence-corrected chi connectivity index (χ0v) is 12.3. The fourth-order valence-electron chi connectivity index (χ4n) is 1.85. The number of hydrogen-bond acceptors (Lipinski definition) is 5. The van der Waals surface area contributed by atoms with Gasteiger partial charge in [0.1, 0.15) is 5.69 Å². The lowest BCUT2D eigenvalue weighted by molar-refractivity contribution is 0.432. The first-order chi connectivity index (χ1) is 9.66. The average molecular weight is 331 g/mol. The normalized spacial score (nSPS) is 10.7. The lowest BCUT2D eigenvalue weighted by Gasteiger charge is -2.03. The summed E-state index contributed by atoms with van der Waals surface area (Å²) < 4.78 is 6.10. The highest BCUT2D eigenvalue weighted by Gasteiger charge is 2.16. The standard InChI is InChI=1S/C14H11BrN4O/c1-8-4-2-5-9(11(8)16)14-18-13(19-20-14)12-10(15)6-3-7-17-12/h2-7H,16H2,1H3. The van der Waals surface area contributed by atoms with Crippen LogP contribution in [0.25, 0.3) is 23.0 Å². The highest BCUT2D eigenvalue weighted by Crippen LogP contribution is 2.29. The van der Waals surface area contributed by atoms with Crippen molar-refractivity contribution < 1.29 is 4.52 Å². The number of para-hydroxylation sites is 1. The van der Waals surface area contributed by atoms with Crippen LogP contribution < -0.4 is 5.73 Å². The zero-order valence-electron chi connectivity index (χ0n) is 10.7. The minimum atomic E-state index is 0.388. The van der Waals surface area contributed by atoms with E-state index in [1.165, 1.54) is 0 Å². The number of halogens is 1. The van der Waals surface area contributed by atoms with E-state index < -0.39 is 0 Å². The second-order valence-corrected chi connectivity index (χ2v) is 5.15. The van der Waals surface area contributed by atoms with Gasteiger partial charge in [0.25, 0.3) is 5.89 Å². The number of benzene rings is 1. The fourth-order valence-corrected chi connectivity index (χ4v) is 2.28. The fraction of sp³-hybridized carbons (Fsp3) is 0.0714. The molecule has 3 rings (SSSR count). The maximum atomic E-state index is 6.04. The third kappa shape index (κ3) is 2.18. The maximum absolute atomic E-state index is 6.04. The first kappa shape index (κ1) is 12.8. The summed E-state index contributed by atoms with van der Waals surface area (Å²) in [7, 11) is 0. The van der Waals surface area contributed by atoms with Gasteiger partial charge in [-0.3, -0.25) is 4.98 Å². The Morgan fingerprint density at radius 3 is 2.85 bits per heavy atom. The summed E-state index contributed by atoms with van der Waals surface area (Å²) in [5.41, 5.74) is 9.02. The zero-order chi connectivity index (χ0) is 14.1. The lowest BCUT2D eigenvalue weighted by Crippen LogP contribution is -1.93. The van der Waals surface area contributed by atoms with Gasteiger partial charge in [0.05, 0.1) is 5.56 Å². The smallest absolute Gasteiger partial charge is 0.260 e. The molecule has 0 atom stereocenters. The molecule has 6 heteroatoms. The van der Waals surface area contributed by atoms with Gasteiger partial charge in [-0.05, 0) is 46.6 Å². The van der Waals surface area contributed by atoms with Gasteiger partial charge in [0.2, 0.25) is 5.82 Å². The maximum Gasteiger partial charge on any atom is 0.260 e. The summed E-state index contributed by atoms with van der Waals surface area (Å²) in [6.45, 7) is 1.94. The van der Waals surface area contributed by atoms with Crippen LogP contribution in [0.5, 0.6) is 0 Å². The SMILES string of the molecule is Cc1cccc(-c2nc(-c3ncccc3Br)no2)c1N. The van der Waals surface area contributed by atoms with Gasteiger partial charge < -0.3 is 10.3 Å². The van der Waals surface area contributed by atoms with Crippen molar-refractivity contribution >= 4 is 21.6 Å². The Morgan fingerprint density at radius 2 is 2.05 bits per heavy atom. The molecule has 0 aliphatic heterocycles. The molecule has 2 heterocycles. The number of nitrogens with two attached hydrogens (primary N) is 1. The largest absolute Gasteiger partial charge is 0.398 e. The Morgan fingerprint density at radius 1 is 1.20 bits per heavy atom. The topological polar surface area (TPSA) is 77.8 Å². The summed E-state index contributed by atoms with van der Waals surface area (Å²) in [6, 6.07) is 9.40. The Balaban J connectivity index is 2.07. The Labute approximate surface area is 124 Å². The molecule has 0 amide bonds. The Hall–Kier alpha value is -2.21. The number of aromatic nitrogens is 3. The van der Waals surface area contributed by atoms with Gasteiger partial charge in [0.15, 0.2) is 0 Å². The lowest BCUT2D eigenvalue weighted by atomic mass is 10.1. The average Bonchev–Trinajstić information content (AvgIpc) is 2.92. The summed E-state index contributed by atoms with van der Waals surface area (Å²) in [4.78, 5) is 8.60. The molecule has 0 fully saturated rings. The van der Waals surface area contributed by atoms with E-state index >= 15 is 0 Å². The van der Waals surface area contributed by atoms with Crippen LogP contribution in [0.15, 0.2) is 45.5 Å². The molecule has 0 aliphatic rings. The van der Waals surface area contributed by atoms with Crippen LogP contribution in [-0.4, -0.2) is 15.1 Å². The highest BCUT2D eigenvalue weighted by molar-refractivity contribution is 9.10. The van der Waals surface area contributed by atoms with Gasteiger partial charge in [-0.1, -0.05) is 17.3 Å². The molecule has 2 aromatic heterocycles. The molecule has 0 saturated heterocycles. The minimum absolute atomic E-state index is 0.388. The first-order valence-corrected chi connectivity index (χ1v) is 6.76. The number of nitrogen functional groups attached to an aromatic ring is 1. The van der Waals surface area contributed by atoms with E-state index in [0.29, 0.717) is 23.1 Å². The van der Waals surface area contributed by atoms with Gasteiger partial charge in [-0.2, -0.15) is 4.98 Å². The molecular formula is C14H11BrN4O. The summed E-state index contributed by atoms with van der Waals surface area (Å²) >= 11 is 3.42. The van der Waals surface area contributed by atoms with E-state index in [2.05, 4.69) is 31.1 Å². The van der Waals surface area contributed by atoms with E-state index in [4.69, 9.17) is 10.3 Å². The second-order valence-electron chi connectivity index (χ2n) is 4.29. The highest BCUT2D eigenvalue weighted by atomic mass is 79.9. The van der Waals surface area contributed by atoms with Crippen LogP contribution in [-0.2, 0) is 0 Å². The van der Waals surface area contributed by atoms with Gasteiger partial charge >= 0.3 is 0 Å². The molecular weight excluding hydrogens is 320 g/mol. The number of hydrogen-bond donors (Lipinski definition) is 1. The number of rotatable bonds is 2. The monoisotopic (exact) mass is 330 g/mol. The van der Waals surface area contributed by atoms with Crippen molar-refractivity contribution in [1.82, 2.24) is 15.1 Å². The summed E-state index contributed by atoms with van der Waals surface area (Å²) in [5.74, 6) is 0.812. The molecule has 0 unspecified atom stereocenters. The van der Waals surface area contributed by atoms with Crippen molar-refractivity contribution in [2.45, 2.75) is 6.92 Å². The van der Waals surface area contributed by atoms with Gasteiger partial charge in [-0.25, -0.2) is 0 Å². The third-order valence-corrected chi connectivity index (χ3v) is 3.59. The Kier molecular flexibility index (Phi) is 3.23. The molecule has 20 heavy (non-hydrogen) atoms. The quantitative estimate of drug-likeness (QED) is 0.728. The predicted octanol–water partition coefficient (Wildman–Crippen LogP) is 3.45. The molecule has 0 spiro atoms. The van der Waals surface area contributed by atoms with Crippen LogP contribution >= 0.6 is 15.9 Å². The molecule has 3 aromatic rings. The van der Waals surface area contributed by atoms with Gasteiger partial charge in [0, 0.05) is 16.4 Å².